The first-order valence-electron chi connectivity index (χ1n) is 10.3. The number of hydrogen-bond donors (Lipinski definition) is 2. The van der Waals surface area contributed by atoms with Crippen LogP contribution in [0.2, 0.25) is 10.0 Å². The number of imide groups is 1. The lowest BCUT2D eigenvalue weighted by Crippen LogP contribution is -2.54. The lowest BCUT2D eigenvalue weighted by Gasteiger charge is -2.28. The number of amides is 2. The molecule has 0 aliphatic carbocycles. The summed E-state index contributed by atoms with van der Waals surface area (Å²) in [4.78, 5) is 39.9. The normalized spacial score (nSPS) is 16.3. The minimum Gasteiger partial charge on any atom is -0.480 e. The van der Waals surface area contributed by atoms with Crippen molar-refractivity contribution in [3.05, 3.63) is 63.6 Å². The molecule has 1 heterocycles. The van der Waals surface area contributed by atoms with E-state index in [2.05, 4.69) is 5.32 Å². The fourth-order valence-electron chi connectivity index (χ4n) is 3.66. The Morgan fingerprint density at radius 3 is 2.30 bits per heavy atom. The molecule has 176 valence electrons. The fraction of sp³-hybridized carbons (Fsp3) is 0.348. The Bertz CT molecular complexity index is 1010. The average molecular weight is 510 g/mol. The highest BCUT2D eigenvalue weighted by molar-refractivity contribution is 7.99. The van der Waals surface area contributed by atoms with Crippen LogP contribution >= 0.6 is 35.0 Å². The summed E-state index contributed by atoms with van der Waals surface area (Å²) < 4.78 is 0. The molecule has 7 nitrogen and oxygen atoms in total. The molecule has 33 heavy (non-hydrogen) atoms. The van der Waals surface area contributed by atoms with Gasteiger partial charge in [-0.05, 0) is 29.8 Å². The number of nitrogens with one attached hydrogen (secondary N) is 1. The second-order valence-corrected chi connectivity index (χ2v) is 9.62. The molecule has 0 unspecified atom stereocenters. The van der Waals surface area contributed by atoms with E-state index in [1.807, 2.05) is 24.1 Å². The van der Waals surface area contributed by atoms with Crippen LogP contribution in [0.4, 0.5) is 5.69 Å². The van der Waals surface area contributed by atoms with Gasteiger partial charge in [0.25, 0.3) is 0 Å². The van der Waals surface area contributed by atoms with Crippen LogP contribution in [0.1, 0.15) is 18.1 Å². The maximum atomic E-state index is 12.8. The third-order valence-electron chi connectivity index (χ3n) is 5.45. The molecule has 1 aliphatic heterocycles. The van der Waals surface area contributed by atoms with Gasteiger partial charge < -0.3 is 10.0 Å². The van der Waals surface area contributed by atoms with E-state index in [0.29, 0.717) is 33.8 Å². The Balaban J connectivity index is 1.75. The molecule has 0 saturated carbocycles. The number of hydrogen-bond acceptors (Lipinski definition) is 6. The van der Waals surface area contributed by atoms with E-state index in [1.54, 1.807) is 30.3 Å². The molecular weight excluding hydrogens is 485 g/mol. The predicted molar refractivity (Wildman–Crippen MR) is 132 cm³/mol. The summed E-state index contributed by atoms with van der Waals surface area (Å²) in [6.45, 7) is 1.71. The molecule has 3 rings (SSSR count). The van der Waals surface area contributed by atoms with E-state index in [-0.39, 0.29) is 6.42 Å². The van der Waals surface area contributed by atoms with Crippen LogP contribution < -0.4 is 10.2 Å². The van der Waals surface area contributed by atoms with Gasteiger partial charge in [0.05, 0.1) is 6.04 Å². The van der Waals surface area contributed by atoms with Crippen molar-refractivity contribution in [3.63, 3.8) is 0 Å². The molecule has 10 heteroatoms. The first-order chi connectivity index (χ1) is 15.7. The van der Waals surface area contributed by atoms with Gasteiger partial charge in [-0.3, -0.25) is 19.8 Å². The molecule has 2 amide bonds. The van der Waals surface area contributed by atoms with Gasteiger partial charge in [-0.25, -0.2) is 4.79 Å². The van der Waals surface area contributed by atoms with Gasteiger partial charge in [-0.15, -0.1) is 11.8 Å². The summed E-state index contributed by atoms with van der Waals surface area (Å²) in [5, 5.41) is 14.0. The van der Waals surface area contributed by atoms with E-state index >= 15 is 0 Å². The summed E-state index contributed by atoms with van der Waals surface area (Å²) in [5.74, 6) is -1.22. The smallest absolute Gasteiger partial charge is 0.327 e. The summed E-state index contributed by atoms with van der Waals surface area (Å²) in [6, 6.07) is 10.8. The van der Waals surface area contributed by atoms with Crippen molar-refractivity contribution in [3.8, 4) is 0 Å². The van der Waals surface area contributed by atoms with Gasteiger partial charge in [0.15, 0.2) is 0 Å². The van der Waals surface area contributed by atoms with Crippen molar-refractivity contribution in [2.24, 2.45) is 0 Å². The Kier molecular flexibility index (Phi) is 8.64. The molecule has 0 bridgehead atoms. The van der Waals surface area contributed by atoms with E-state index in [4.69, 9.17) is 23.2 Å². The van der Waals surface area contributed by atoms with Crippen LogP contribution in [0, 0.1) is 0 Å². The molecule has 0 radical (unpaired) electrons. The molecule has 0 spiro atoms. The third kappa shape index (κ3) is 6.20. The fourth-order valence-corrected chi connectivity index (χ4v) is 5.11. The number of carbonyl (C=O) groups excluding carboxylic acids is 2. The van der Waals surface area contributed by atoms with Crippen molar-refractivity contribution >= 4 is 58.4 Å². The number of benzene rings is 2. The zero-order chi connectivity index (χ0) is 24.1. The molecular formula is C23H25Cl2N3O4S. The van der Waals surface area contributed by atoms with Gasteiger partial charge in [0.2, 0.25) is 11.8 Å². The van der Waals surface area contributed by atoms with Gasteiger partial charge >= 0.3 is 5.97 Å². The lowest BCUT2D eigenvalue weighted by molar-refractivity contribution is -0.157. The lowest BCUT2D eigenvalue weighted by atomic mass is 10.0. The van der Waals surface area contributed by atoms with E-state index in [1.165, 1.54) is 18.7 Å². The highest BCUT2D eigenvalue weighted by Crippen LogP contribution is 2.27. The van der Waals surface area contributed by atoms with Crippen LogP contribution in [0.3, 0.4) is 0 Å². The molecule has 1 saturated heterocycles. The van der Waals surface area contributed by atoms with Crippen LogP contribution in [-0.4, -0.2) is 58.6 Å². The van der Waals surface area contributed by atoms with E-state index < -0.39 is 29.9 Å². The molecule has 2 aromatic rings. The highest BCUT2D eigenvalue weighted by atomic mass is 35.5. The van der Waals surface area contributed by atoms with Crippen molar-refractivity contribution in [1.82, 2.24) is 10.2 Å². The third-order valence-corrected chi connectivity index (χ3v) is 7.10. The first kappa shape index (κ1) is 25.4. The molecule has 2 atom stereocenters. The maximum absolute atomic E-state index is 12.8. The van der Waals surface area contributed by atoms with Gasteiger partial charge in [-0.2, -0.15) is 0 Å². The topological polar surface area (TPSA) is 90.0 Å². The Labute approximate surface area is 207 Å². The zero-order valence-corrected chi connectivity index (χ0v) is 20.6. The summed E-state index contributed by atoms with van der Waals surface area (Å²) >= 11 is 14.1. The molecule has 0 aromatic heterocycles. The number of carbonyl (C=O) groups is 3. The minimum atomic E-state index is -1.28. The standard InChI is InChI=1S/C23H25Cl2N3O4S/c1-14(29)28(22(30)20-12-33-13-26-20)21(23(31)32)10-15-6-8-16(9-7-15)27(2)11-17-18(24)4-3-5-19(17)25/h3-9,20-21,26H,10-13H2,1-2H3,(H,31,32)/t20-,21-/m0/s1. The van der Waals surface area contributed by atoms with E-state index in [9.17, 15) is 19.5 Å². The van der Waals surface area contributed by atoms with Crippen LogP contribution in [-0.2, 0) is 27.3 Å². The highest BCUT2D eigenvalue weighted by Gasteiger charge is 2.37. The quantitative estimate of drug-likeness (QED) is 0.560. The maximum Gasteiger partial charge on any atom is 0.327 e. The number of carboxylic acids is 1. The van der Waals surface area contributed by atoms with Crippen LogP contribution in [0.25, 0.3) is 0 Å². The van der Waals surface area contributed by atoms with E-state index in [0.717, 1.165) is 16.2 Å². The molecule has 1 fully saturated rings. The number of rotatable bonds is 8. The van der Waals surface area contributed by atoms with Crippen LogP contribution in [0.15, 0.2) is 42.5 Å². The number of anilines is 1. The monoisotopic (exact) mass is 509 g/mol. The van der Waals surface area contributed by atoms with Crippen molar-refractivity contribution in [2.45, 2.75) is 32.0 Å². The van der Waals surface area contributed by atoms with Crippen molar-refractivity contribution in [1.29, 1.82) is 0 Å². The Hall–Kier alpha value is -2.26. The van der Waals surface area contributed by atoms with Crippen LogP contribution in [0.5, 0.6) is 0 Å². The second-order valence-electron chi connectivity index (χ2n) is 7.78. The zero-order valence-electron chi connectivity index (χ0n) is 18.3. The number of aliphatic carboxylic acids is 1. The Morgan fingerprint density at radius 1 is 1.15 bits per heavy atom. The van der Waals surface area contributed by atoms with Crippen molar-refractivity contribution in [2.75, 3.05) is 23.6 Å². The SMILES string of the molecule is CC(=O)N(C(=O)[C@@H]1CSCN1)[C@@H](Cc1ccc(N(C)Cc2c(Cl)cccc2Cl)cc1)C(=O)O. The first-order valence-corrected chi connectivity index (χ1v) is 12.2. The van der Waals surface area contributed by atoms with Gasteiger partial charge in [-0.1, -0.05) is 41.4 Å². The summed E-state index contributed by atoms with van der Waals surface area (Å²) in [7, 11) is 1.90. The average Bonchev–Trinajstić information content (AvgIpc) is 3.31. The largest absolute Gasteiger partial charge is 0.480 e. The Morgan fingerprint density at radius 2 is 1.79 bits per heavy atom. The number of halogens is 2. The number of nitrogens with zero attached hydrogens (tertiary/aromatic N) is 2. The molecule has 2 N–H and O–H groups in total. The van der Waals surface area contributed by atoms with Crippen molar-refractivity contribution < 1.29 is 19.5 Å². The minimum absolute atomic E-state index is 0.0147. The van der Waals surface area contributed by atoms with Gasteiger partial charge in [0.1, 0.15) is 6.04 Å². The summed E-state index contributed by atoms with van der Waals surface area (Å²) in [6.07, 6.45) is 0.0147. The number of carboxylic acid groups (broad SMARTS) is 1. The number of thioether (sulfide) groups is 1. The predicted octanol–water partition coefficient (Wildman–Crippen LogP) is 3.66. The summed E-state index contributed by atoms with van der Waals surface area (Å²) in [5.41, 5.74) is 2.39. The van der Waals surface area contributed by atoms with Gasteiger partial charge in [0, 0.05) is 59.9 Å². The second kappa shape index (κ2) is 11.2. The molecule has 1 aliphatic rings. The molecule has 2 aromatic carbocycles.